The largest absolute Gasteiger partial charge is 0.330 e. The predicted octanol–water partition coefficient (Wildman–Crippen LogP) is 2.60. The molecule has 0 saturated heterocycles. The van der Waals surface area contributed by atoms with Crippen LogP contribution in [-0.2, 0) is 0 Å². The fraction of sp³-hybridized carbons (Fsp3) is 0.100. The Balaban J connectivity index is 2.28. The summed E-state index contributed by atoms with van der Waals surface area (Å²) in [7, 11) is 0. The fourth-order valence-electron chi connectivity index (χ4n) is 1.20. The summed E-state index contributed by atoms with van der Waals surface area (Å²) in [5.41, 5.74) is 0.761. The molecule has 0 aliphatic heterocycles. The van der Waals surface area contributed by atoms with Crippen molar-refractivity contribution in [1.29, 1.82) is 5.26 Å². The number of aryl methyl sites for hydroxylation is 1. The molecule has 0 spiro atoms. The molecular formula is C10H7FN4S. The molecule has 2 rings (SSSR count). The normalized spacial score (nSPS) is 9.81. The molecule has 0 saturated carbocycles. The van der Waals surface area contributed by atoms with Crippen LogP contribution in [0.15, 0.2) is 18.2 Å². The summed E-state index contributed by atoms with van der Waals surface area (Å²) in [4.78, 5) is 4.08. The zero-order valence-electron chi connectivity index (χ0n) is 8.36. The number of nitrogens with one attached hydrogen (secondary N) is 1. The van der Waals surface area contributed by atoms with Crippen LogP contribution in [0.3, 0.4) is 0 Å². The number of halogens is 1. The maximum Gasteiger partial charge on any atom is 0.207 e. The molecule has 6 heteroatoms. The first kappa shape index (κ1) is 10.5. The number of nitrogens with zero attached hydrogens (tertiary/aromatic N) is 3. The number of anilines is 2. The van der Waals surface area contributed by atoms with Crippen LogP contribution in [0.5, 0.6) is 0 Å². The lowest BCUT2D eigenvalue weighted by molar-refractivity contribution is 0.628. The molecule has 4 nitrogen and oxygen atoms in total. The van der Waals surface area contributed by atoms with E-state index < -0.39 is 5.82 Å². The second-order valence-electron chi connectivity index (χ2n) is 3.11. The van der Waals surface area contributed by atoms with Crippen molar-refractivity contribution in [2.45, 2.75) is 6.92 Å². The van der Waals surface area contributed by atoms with E-state index in [1.807, 2.05) is 6.07 Å². The number of aromatic nitrogens is 2. The zero-order valence-corrected chi connectivity index (χ0v) is 9.18. The molecule has 1 aromatic carbocycles. The Kier molecular flexibility index (Phi) is 2.79. The van der Waals surface area contributed by atoms with Crippen LogP contribution < -0.4 is 5.32 Å². The Morgan fingerprint density at radius 1 is 1.44 bits per heavy atom. The number of benzene rings is 1. The highest BCUT2D eigenvalue weighted by Gasteiger charge is 2.03. The van der Waals surface area contributed by atoms with Crippen LogP contribution in [0.25, 0.3) is 0 Å². The van der Waals surface area contributed by atoms with E-state index in [4.69, 9.17) is 5.26 Å². The molecule has 0 fully saturated rings. The van der Waals surface area contributed by atoms with E-state index in [1.165, 1.54) is 23.7 Å². The first-order valence-electron chi connectivity index (χ1n) is 4.45. The third kappa shape index (κ3) is 2.32. The predicted molar refractivity (Wildman–Crippen MR) is 59.0 cm³/mol. The molecule has 1 heterocycles. The SMILES string of the molecule is Cc1nsc(Nc2cc(F)cc(C#N)c2)n1. The van der Waals surface area contributed by atoms with Crippen molar-refractivity contribution in [1.82, 2.24) is 9.36 Å². The van der Waals surface area contributed by atoms with E-state index >= 15 is 0 Å². The summed E-state index contributed by atoms with van der Waals surface area (Å²) in [6.45, 7) is 1.77. The van der Waals surface area contributed by atoms with Gasteiger partial charge in [0.15, 0.2) is 0 Å². The van der Waals surface area contributed by atoms with Crippen molar-refractivity contribution < 1.29 is 4.39 Å². The van der Waals surface area contributed by atoms with Crippen LogP contribution in [0, 0.1) is 24.1 Å². The highest BCUT2D eigenvalue weighted by atomic mass is 32.1. The lowest BCUT2D eigenvalue weighted by Gasteiger charge is -2.02. The van der Waals surface area contributed by atoms with Crippen LogP contribution in [-0.4, -0.2) is 9.36 Å². The van der Waals surface area contributed by atoms with Gasteiger partial charge in [-0.05, 0) is 25.1 Å². The van der Waals surface area contributed by atoms with E-state index in [1.54, 1.807) is 13.0 Å². The van der Waals surface area contributed by atoms with Crippen LogP contribution in [0.4, 0.5) is 15.2 Å². The minimum atomic E-state index is -0.456. The van der Waals surface area contributed by atoms with Gasteiger partial charge in [-0.25, -0.2) is 9.37 Å². The summed E-state index contributed by atoms with van der Waals surface area (Å²) in [6.07, 6.45) is 0. The van der Waals surface area contributed by atoms with Crippen LogP contribution in [0.1, 0.15) is 11.4 Å². The first-order valence-corrected chi connectivity index (χ1v) is 5.23. The maximum absolute atomic E-state index is 13.1. The fourth-order valence-corrected chi connectivity index (χ4v) is 1.79. The zero-order chi connectivity index (χ0) is 11.5. The summed E-state index contributed by atoms with van der Waals surface area (Å²) in [6, 6.07) is 5.92. The third-order valence-corrected chi connectivity index (χ3v) is 2.53. The van der Waals surface area contributed by atoms with Gasteiger partial charge in [-0.2, -0.15) is 9.64 Å². The topological polar surface area (TPSA) is 61.6 Å². The van der Waals surface area contributed by atoms with Crippen molar-refractivity contribution in [2.24, 2.45) is 0 Å². The van der Waals surface area contributed by atoms with E-state index in [2.05, 4.69) is 14.7 Å². The van der Waals surface area contributed by atoms with Gasteiger partial charge < -0.3 is 5.32 Å². The summed E-state index contributed by atoms with van der Waals surface area (Å²) >= 11 is 1.19. The van der Waals surface area contributed by atoms with Gasteiger partial charge in [0.05, 0.1) is 11.6 Å². The van der Waals surface area contributed by atoms with E-state index in [0.717, 1.165) is 0 Å². The van der Waals surface area contributed by atoms with Crippen molar-refractivity contribution in [2.75, 3.05) is 5.32 Å². The molecule has 80 valence electrons. The standard InChI is InChI=1S/C10H7FN4S/c1-6-13-10(16-15-6)14-9-3-7(5-12)2-8(11)4-9/h2-4H,1H3,(H,13,14,15). The highest BCUT2D eigenvalue weighted by Crippen LogP contribution is 2.20. The van der Waals surface area contributed by atoms with Crippen LogP contribution in [0.2, 0.25) is 0 Å². The molecule has 0 atom stereocenters. The lowest BCUT2D eigenvalue weighted by Crippen LogP contribution is -1.91. The number of rotatable bonds is 2. The molecular weight excluding hydrogens is 227 g/mol. The van der Waals surface area contributed by atoms with E-state index in [-0.39, 0.29) is 5.56 Å². The molecule has 2 aromatic rings. The minimum Gasteiger partial charge on any atom is -0.330 e. The summed E-state index contributed by atoms with van der Waals surface area (Å²) in [5, 5.41) is 12.2. The Morgan fingerprint density at radius 2 is 2.25 bits per heavy atom. The maximum atomic E-state index is 13.1. The quantitative estimate of drug-likeness (QED) is 0.867. The molecule has 0 unspecified atom stereocenters. The minimum absolute atomic E-state index is 0.267. The molecule has 1 aromatic heterocycles. The summed E-state index contributed by atoms with van der Waals surface area (Å²) in [5.74, 6) is 0.201. The second kappa shape index (κ2) is 4.24. The number of nitriles is 1. The van der Waals surface area contributed by atoms with Gasteiger partial charge in [0.1, 0.15) is 11.6 Å². The van der Waals surface area contributed by atoms with Gasteiger partial charge >= 0.3 is 0 Å². The van der Waals surface area contributed by atoms with Gasteiger partial charge in [-0.3, -0.25) is 0 Å². The molecule has 16 heavy (non-hydrogen) atoms. The van der Waals surface area contributed by atoms with Gasteiger partial charge in [0.25, 0.3) is 0 Å². The number of hydrogen-bond donors (Lipinski definition) is 1. The van der Waals surface area contributed by atoms with Crippen molar-refractivity contribution in [3.05, 3.63) is 35.4 Å². The Hall–Kier alpha value is -2.00. The lowest BCUT2D eigenvalue weighted by atomic mass is 10.2. The third-order valence-electron chi connectivity index (χ3n) is 1.81. The number of hydrogen-bond acceptors (Lipinski definition) is 5. The molecule has 1 N–H and O–H groups in total. The highest BCUT2D eigenvalue weighted by molar-refractivity contribution is 7.09. The molecule has 0 aliphatic rings. The van der Waals surface area contributed by atoms with Gasteiger partial charge in [0.2, 0.25) is 5.13 Å². The van der Waals surface area contributed by atoms with Crippen molar-refractivity contribution >= 4 is 22.4 Å². The average Bonchev–Trinajstić information content (AvgIpc) is 2.63. The van der Waals surface area contributed by atoms with Crippen LogP contribution >= 0.6 is 11.5 Å². The monoisotopic (exact) mass is 234 g/mol. The van der Waals surface area contributed by atoms with Gasteiger partial charge in [-0.1, -0.05) is 0 Å². The average molecular weight is 234 g/mol. The Morgan fingerprint density at radius 3 is 2.88 bits per heavy atom. The molecule has 0 bridgehead atoms. The smallest absolute Gasteiger partial charge is 0.207 e. The van der Waals surface area contributed by atoms with Crippen molar-refractivity contribution in [3.8, 4) is 6.07 Å². The first-order chi connectivity index (χ1) is 7.67. The Labute approximate surface area is 95.5 Å². The van der Waals surface area contributed by atoms with Gasteiger partial charge in [0, 0.05) is 17.2 Å². The van der Waals surface area contributed by atoms with E-state index in [0.29, 0.717) is 16.6 Å². The van der Waals surface area contributed by atoms with Gasteiger partial charge in [-0.15, -0.1) is 0 Å². The second-order valence-corrected chi connectivity index (χ2v) is 3.86. The molecule has 0 amide bonds. The molecule has 0 aliphatic carbocycles. The Bertz CT molecular complexity index is 558. The summed E-state index contributed by atoms with van der Waals surface area (Å²) < 4.78 is 17.1. The van der Waals surface area contributed by atoms with Crippen molar-refractivity contribution in [3.63, 3.8) is 0 Å². The van der Waals surface area contributed by atoms with E-state index in [9.17, 15) is 4.39 Å². The molecule has 0 radical (unpaired) electrons.